The Morgan fingerprint density at radius 1 is 1.57 bits per heavy atom. The highest BCUT2D eigenvalue weighted by Gasteiger charge is 2.34. The first-order valence-electron chi connectivity index (χ1n) is 6.76. The molecule has 0 radical (unpaired) electrons. The first kappa shape index (κ1) is 15.6. The fraction of sp³-hybridized carbons (Fsp3) is 0.500. The molecule has 1 fully saturated rings. The number of rotatable bonds is 5. The number of carbonyl (C=O) groups is 1. The van der Waals surface area contributed by atoms with Gasteiger partial charge in [-0.1, -0.05) is 18.5 Å². The monoisotopic (exact) mass is 311 g/mol. The first-order chi connectivity index (χ1) is 9.85. The van der Waals surface area contributed by atoms with Crippen molar-refractivity contribution in [2.75, 3.05) is 26.0 Å². The molecule has 1 saturated carbocycles. The second kappa shape index (κ2) is 5.89. The van der Waals surface area contributed by atoms with Crippen LogP contribution in [0.4, 0.5) is 11.4 Å². The molecule has 0 spiro atoms. The van der Waals surface area contributed by atoms with E-state index in [4.69, 9.17) is 11.6 Å². The smallest absolute Gasteiger partial charge is 0.294 e. The van der Waals surface area contributed by atoms with Gasteiger partial charge in [-0.05, 0) is 24.3 Å². The molecule has 1 amide bonds. The minimum Gasteiger partial charge on any atom is -0.381 e. The quantitative estimate of drug-likeness (QED) is 0.670. The van der Waals surface area contributed by atoms with Gasteiger partial charge in [0, 0.05) is 32.3 Å². The Morgan fingerprint density at radius 3 is 2.67 bits per heavy atom. The number of halogens is 1. The summed E-state index contributed by atoms with van der Waals surface area (Å²) in [5, 5.41) is 14.0. The fourth-order valence-electron chi connectivity index (χ4n) is 2.42. The van der Waals surface area contributed by atoms with Crippen LogP contribution in [0, 0.1) is 22.0 Å². The van der Waals surface area contributed by atoms with Crippen LogP contribution in [-0.2, 0) is 0 Å². The number of hydrogen-bond donors (Lipinski definition) is 1. The SMILES string of the molecule is CNc1c(Cl)cc(C(=O)N(C)CC2CC2C)cc1[N+](=O)[O-]. The number of nitrogens with one attached hydrogen (secondary N) is 1. The van der Waals surface area contributed by atoms with Gasteiger partial charge in [0.15, 0.2) is 0 Å². The Kier molecular flexibility index (Phi) is 4.37. The van der Waals surface area contributed by atoms with Gasteiger partial charge in [0.1, 0.15) is 5.69 Å². The molecule has 7 heteroatoms. The minimum absolute atomic E-state index is 0.170. The third-order valence-electron chi connectivity index (χ3n) is 3.89. The zero-order valence-corrected chi connectivity index (χ0v) is 13.0. The number of nitrogens with zero attached hydrogens (tertiary/aromatic N) is 2. The molecule has 2 unspecified atom stereocenters. The van der Waals surface area contributed by atoms with E-state index in [0.717, 1.165) is 6.42 Å². The lowest BCUT2D eigenvalue weighted by atomic mass is 10.1. The van der Waals surface area contributed by atoms with Gasteiger partial charge in [-0.2, -0.15) is 0 Å². The number of anilines is 1. The summed E-state index contributed by atoms with van der Waals surface area (Å²) >= 11 is 6.03. The Morgan fingerprint density at radius 2 is 2.19 bits per heavy atom. The van der Waals surface area contributed by atoms with Crippen LogP contribution < -0.4 is 5.32 Å². The fourth-order valence-corrected chi connectivity index (χ4v) is 2.72. The molecule has 0 bridgehead atoms. The van der Waals surface area contributed by atoms with Gasteiger partial charge in [-0.3, -0.25) is 14.9 Å². The maximum atomic E-state index is 12.4. The van der Waals surface area contributed by atoms with Crippen molar-refractivity contribution in [3.05, 3.63) is 32.8 Å². The molecule has 1 N–H and O–H groups in total. The molecular formula is C14H18ClN3O3. The summed E-state index contributed by atoms with van der Waals surface area (Å²) in [6.45, 7) is 2.81. The minimum atomic E-state index is -0.544. The molecular weight excluding hydrogens is 294 g/mol. The van der Waals surface area contributed by atoms with Gasteiger partial charge in [0.2, 0.25) is 0 Å². The highest BCUT2D eigenvalue weighted by molar-refractivity contribution is 6.34. The van der Waals surface area contributed by atoms with Crippen molar-refractivity contribution in [1.82, 2.24) is 4.90 Å². The third-order valence-corrected chi connectivity index (χ3v) is 4.19. The summed E-state index contributed by atoms with van der Waals surface area (Å²) in [7, 11) is 3.26. The van der Waals surface area contributed by atoms with Gasteiger partial charge < -0.3 is 10.2 Å². The number of hydrogen-bond acceptors (Lipinski definition) is 4. The Hall–Kier alpha value is -1.82. The Labute approximate surface area is 128 Å². The summed E-state index contributed by atoms with van der Waals surface area (Å²) in [4.78, 5) is 24.5. The van der Waals surface area contributed by atoms with E-state index in [1.54, 1.807) is 19.0 Å². The van der Waals surface area contributed by atoms with Crippen LogP contribution in [0.1, 0.15) is 23.7 Å². The molecule has 0 aliphatic heterocycles. The summed E-state index contributed by atoms with van der Waals surface area (Å²) < 4.78 is 0. The average Bonchev–Trinajstić information content (AvgIpc) is 3.11. The second-order valence-electron chi connectivity index (χ2n) is 5.52. The summed E-state index contributed by atoms with van der Waals surface area (Å²) in [5.41, 5.74) is 0.264. The van der Waals surface area contributed by atoms with Gasteiger partial charge in [0.25, 0.3) is 11.6 Å². The molecule has 1 aromatic rings. The predicted molar refractivity (Wildman–Crippen MR) is 81.9 cm³/mol. The standard InChI is InChI=1S/C14H18ClN3O3/c1-8-4-10(8)7-17(3)14(19)9-5-11(15)13(16-2)12(6-9)18(20)21/h5-6,8,10,16H,4,7H2,1-3H3. The van der Waals surface area contributed by atoms with E-state index in [1.807, 2.05) is 0 Å². The van der Waals surface area contributed by atoms with Crippen molar-refractivity contribution in [3.63, 3.8) is 0 Å². The average molecular weight is 312 g/mol. The predicted octanol–water partition coefficient (Wildman–Crippen LogP) is 3.02. The normalized spacial score (nSPS) is 20.0. The number of nitro benzene ring substituents is 1. The molecule has 1 aliphatic carbocycles. The van der Waals surface area contributed by atoms with Gasteiger partial charge >= 0.3 is 0 Å². The van der Waals surface area contributed by atoms with Crippen molar-refractivity contribution in [2.24, 2.45) is 11.8 Å². The molecule has 2 atom stereocenters. The molecule has 0 saturated heterocycles. The van der Waals surface area contributed by atoms with Crippen molar-refractivity contribution < 1.29 is 9.72 Å². The van der Waals surface area contributed by atoms with E-state index in [0.29, 0.717) is 18.4 Å². The molecule has 2 rings (SSSR count). The zero-order chi connectivity index (χ0) is 15.7. The van der Waals surface area contributed by atoms with Crippen molar-refractivity contribution in [3.8, 4) is 0 Å². The van der Waals surface area contributed by atoms with Crippen molar-refractivity contribution >= 4 is 28.9 Å². The summed E-state index contributed by atoms with van der Waals surface area (Å²) in [5.74, 6) is 0.924. The number of nitro groups is 1. The van der Waals surface area contributed by atoms with Crippen LogP contribution in [0.5, 0.6) is 0 Å². The van der Waals surface area contributed by atoms with Crippen LogP contribution in [0.3, 0.4) is 0 Å². The van der Waals surface area contributed by atoms with E-state index >= 15 is 0 Å². The highest BCUT2D eigenvalue weighted by Crippen LogP contribution is 2.38. The van der Waals surface area contributed by atoms with Crippen LogP contribution in [-0.4, -0.2) is 36.4 Å². The Balaban J connectivity index is 2.26. The van der Waals surface area contributed by atoms with Gasteiger partial charge in [0.05, 0.1) is 9.95 Å². The maximum absolute atomic E-state index is 12.4. The first-order valence-corrected chi connectivity index (χ1v) is 7.14. The van der Waals surface area contributed by atoms with Gasteiger partial charge in [-0.15, -0.1) is 0 Å². The lowest BCUT2D eigenvalue weighted by Crippen LogP contribution is -2.29. The van der Waals surface area contributed by atoms with E-state index in [-0.39, 0.29) is 27.9 Å². The third kappa shape index (κ3) is 3.26. The molecule has 6 nitrogen and oxygen atoms in total. The number of benzene rings is 1. The van der Waals surface area contributed by atoms with E-state index in [9.17, 15) is 14.9 Å². The maximum Gasteiger partial charge on any atom is 0.294 e. The molecule has 114 valence electrons. The summed E-state index contributed by atoms with van der Waals surface area (Å²) in [6.07, 6.45) is 1.12. The van der Waals surface area contributed by atoms with Crippen LogP contribution in [0.15, 0.2) is 12.1 Å². The largest absolute Gasteiger partial charge is 0.381 e. The molecule has 0 aromatic heterocycles. The van der Waals surface area contributed by atoms with Crippen molar-refractivity contribution in [1.29, 1.82) is 0 Å². The molecule has 1 aromatic carbocycles. The van der Waals surface area contributed by atoms with Crippen molar-refractivity contribution in [2.45, 2.75) is 13.3 Å². The second-order valence-corrected chi connectivity index (χ2v) is 5.93. The lowest BCUT2D eigenvalue weighted by molar-refractivity contribution is -0.383. The van der Waals surface area contributed by atoms with E-state index < -0.39 is 4.92 Å². The van der Waals surface area contributed by atoms with Gasteiger partial charge in [-0.25, -0.2) is 0 Å². The zero-order valence-electron chi connectivity index (χ0n) is 12.2. The lowest BCUT2D eigenvalue weighted by Gasteiger charge is -2.17. The summed E-state index contributed by atoms with van der Waals surface area (Å²) in [6, 6.07) is 2.74. The molecule has 1 aliphatic rings. The number of amides is 1. The topological polar surface area (TPSA) is 75.5 Å². The highest BCUT2D eigenvalue weighted by atomic mass is 35.5. The Bertz CT molecular complexity index is 591. The van der Waals surface area contributed by atoms with E-state index in [1.165, 1.54) is 12.1 Å². The van der Waals surface area contributed by atoms with Crippen LogP contribution >= 0.6 is 11.6 Å². The molecule has 0 heterocycles. The molecule has 21 heavy (non-hydrogen) atoms. The van der Waals surface area contributed by atoms with Crippen LogP contribution in [0.2, 0.25) is 5.02 Å². The van der Waals surface area contributed by atoms with Crippen LogP contribution in [0.25, 0.3) is 0 Å². The van der Waals surface area contributed by atoms with E-state index in [2.05, 4.69) is 12.2 Å². The number of carbonyl (C=O) groups excluding carboxylic acids is 1.